The third kappa shape index (κ3) is 3.79. The summed E-state index contributed by atoms with van der Waals surface area (Å²) >= 11 is 0. The van der Waals surface area contributed by atoms with Crippen LogP contribution >= 0.6 is 0 Å². The van der Waals surface area contributed by atoms with Crippen molar-refractivity contribution in [3.8, 4) is 0 Å². The third-order valence-electron chi connectivity index (χ3n) is 5.08. The maximum atomic E-state index is 12.2. The minimum absolute atomic E-state index is 0.0849. The Balaban J connectivity index is 1.56. The molecule has 1 amide bonds. The number of fused-ring (bicyclic) bond motifs is 2. The maximum Gasteiger partial charge on any atom is 0.260 e. The van der Waals surface area contributed by atoms with Gasteiger partial charge in [-0.05, 0) is 37.5 Å². The van der Waals surface area contributed by atoms with Crippen molar-refractivity contribution < 1.29 is 13.2 Å². The van der Waals surface area contributed by atoms with E-state index in [4.69, 9.17) is 5.73 Å². The summed E-state index contributed by atoms with van der Waals surface area (Å²) in [4.78, 5) is 16.0. The topological polar surface area (TPSA) is 119 Å². The van der Waals surface area contributed by atoms with Crippen molar-refractivity contribution in [3.63, 3.8) is 0 Å². The summed E-state index contributed by atoms with van der Waals surface area (Å²) in [5.74, 6) is 0.513. The fraction of sp³-hybridized carbons (Fsp3) is 0.733. The van der Waals surface area contributed by atoms with Crippen LogP contribution in [0.15, 0.2) is 17.6 Å². The molecule has 4 N–H and O–H groups in total. The van der Waals surface area contributed by atoms with Gasteiger partial charge in [-0.1, -0.05) is 6.42 Å². The van der Waals surface area contributed by atoms with Gasteiger partial charge < -0.3 is 15.6 Å². The number of imidazole rings is 1. The highest BCUT2D eigenvalue weighted by Gasteiger charge is 2.39. The highest BCUT2D eigenvalue weighted by Crippen LogP contribution is 2.39. The molecule has 9 heteroatoms. The normalized spacial score (nSPS) is 30.1. The lowest BCUT2D eigenvalue weighted by atomic mass is 9.67. The van der Waals surface area contributed by atoms with Crippen molar-refractivity contribution >= 4 is 15.9 Å². The average Bonchev–Trinajstić information content (AvgIpc) is 2.94. The van der Waals surface area contributed by atoms with E-state index in [0.717, 1.165) is 25.7 Å². The number of nitrogens with zero attached hydrogens (tertiary/aromatic N) is 2. The molecule has 0 radical (unpaired) electrons. The van der Waals surface area contributed by atoms with Gasteiger partial charge in [0.15, 0.2) is 5.03 Å². The molecule has 0 aromatic carbocycles. The van der Waals surface area contributed by atoms with Crippen molar-refractivity contribution in [3.05, 3.63) is 12.5 Å². The molecule has 0 saturated heterocycles. The van der Waals surface area contributed by atoms with E-state index in [1.165, 1.54) is 18.9 Å². The van der Waals surface area contributed by atoms with Crippen molar-refractivity contribution in [2.45, 2.75) is 49.2 Å². The number of sulfonamides is 1. The highest BCUT2D eigenvalue weighted by atomic mass is 32.2. The number of rotatable bonds is 5. The van der Waals surface area contributed by atoms with E-state index < -0.39 is 10.0 Å². The molecular weight excluding hydrogens is 330 g/mol. The van der Waals surface area contributed by atoms with Gasteiger partial charge in [0.2, 0.25) is 5.91 Å². The van der Waals surface area contributed by atoms with Gasteiger partial charge in [0.05, 0.1) is 12.9 Å². The molecule has 2 aliphatic rings. The van der Waals surface area contributed by atoms with Crippen LogP contribution in [0.3, 0.4) is 0 Å². The van der Waals surface area contributed by atoms with Crippen LogP contribution in [0, 0.1) is 11.8 Å². The summed E-state index contributed by atoms with van der Waals surface area (Å²) in [7, 11) is -2.08. The molecule has 2 bridgehead atoms. The number of hydrogen-bond donors (Lipinski definition) is 3. The molecule has 0 spiro atoms. The van der Waals surface area contributed by atoms with E-state index in [-0.39, 0.29) is 29.6 Å². The zero-order valence-corrected chi connectivity index (χ0v) is 14.6. The fourth-order valence-electron chi connectivity index (χ4n) is 4.02. The van der Waals surface area contributed by atoms with Crippen LogP contribution in [0.4, 0.5) is 0 Å². The van der Waals surface area contributed by atoms with Crippen molar-refractivity contribution in [2.75, 3.05) is 6.54 Å². The van der Waals surface area contributed by atoms with E-state index in [9.17, 15) is 13.2 Å². The van der Waals surface area contributed by atoms with Crippen LogP contribution in [-0.4, -0.2) is 42.5 Å². The highest BCUT2D eigenvalue weighted by molar-refractivity contribution is 7.89. The van der Waals surface area contributed by atoms with Gasteiger partial charge in [0.1, 0.15) is 0 Å². The lowest BCUT2D eigenvalue weighted by Gasteiger charge is -2.45. The minimum Gasteiger partial charge on any atom is -0.352 e. The summed E-state index contributed by atoms with van der Waals surface area (Å²) in [6.07, 6.45) is 8.00. The standard InChI is InChI=1S/C15H25N5O3S/c1-20-8-14(17-9-20)24(22,23)18-7-13(21)19-15-10-3-2-4-11(15)6-12(16)5-10/h8-12,15,18H,2-7,16H2,1H3,(H,19,21). The predicted octanol–water partition coefficient (Wildman–Crippen LogP) is -0.279. The first-order valence-corrected chi connectivity index (χ1v) is 9.86. The minimum atomic E-state index is -3.77. The van der Waals surface area contributed by atoms with Crippen LogP contribution in [0.1, 0.15) is 32.1 Å². The van der Waals surface area contributed by atoms with Crippen LogP contribution in [0.25, 0.3) is 0 Å². The maximum absolute atomic E-state index is 12.2. The van der Waals surface area contributed by atoms with Crippen molar-refractivity contribution in [1.82, 2.24) is 19.6 Å². The molecule has 2 unspecified atom stereocenters. The van der Waals surface area contributed by atoms with Crippen molar-refractivity contribution in [2.24, 2.45) is 24.6 Å². The number of hydrogen-bond acceptors (Lipinski definition) is 5. The predicted molar refractivity (Wildman–Crippen MR) is 88.4 cm³/mol. The molecule has 134 valence electrons. The Hall–Kier alpha value is -1.45. The summed E-state index contributed by atoms with van der Waals surface area (Å²) in [5.41, 5.74) is 6.09. The molecule has 3 rings (SSSR count). The first-order valence-electron chi connectivity index (χ1n) is 8.38. The van der Waals surface area contributed by atoms with Gasteiger partial charge >= 0.3 is 0 Å². The van der Waals surface area contributed by atoms with Gasteiger partial charge in [0, 0.05) is 25.3 Å². The number of aryl methyl sites for hydroxylation is 1. The van der Waals surface area contributed by atoms with Gasteiger partial charge in [0.25, 0.3) is 10.0 Å². The number of carbonyl (C=O) groups is 1. The summed E-state index contributed by atoms with van der Waals surface area (Å²) in [6.45, 7) is -0.277. The fourth-order valence-corrected chi connectivity index (χ4v) is 4.98. The molecule has 24 heavy (non-hydrogen) atoms. The molecular formula is C15H25N5O3S. The third-order valence-corrected chi connectivity index (χ3v) is 6.37. The van der Waals surface area contributed by atoms with Crippen LogP contribution in [0.5, 0.6) is 0 Å². The van der Waals surface area contributed by atoms with E-state index in [0.29, 0.717) is 11.8 Å². The quantitative estimate of drug-likeness (QED) is 0.671. The number of nitrogens with two attached hydrogens (primary N) is 1. The van der Waals surface area contributed by atoms with Gasteiger partial charge in [-0.2, -0.15) is 0 Å². The lowest BCUT2D eigenvalue weighted by molar-refractivity contribution is -0.122. The first kappa shape index (κ1) is 17.4. The van der Waals surface area contributed by atoms with Crippen LogP contribution in [0.2, 0.25) is 0 Å². The number of amides is 1. The Labute approximate surface area is 142 Å². The molecule has 2 fully saturated rings. The zero-order valence-electron chi connectivity index (χ0n) is 13.8. The molecule has 0 aliphatic heterocycles. The van der Waals surface area contributed by atoms with Crippen molar-refractivity contribution in [1.29, 1.82) is 0 Å². The molecule has 1 aromatic rings. The van der Waals surface area contributed by atoms with Gasteiger partial charge in [-0.15, -0.1) is 0 Å². The molecule has 2 atom stereocenters. The number of nitrogens with one attached hydrogen (secondary N) is 2. The lowest BCUT2D eigenvalue weighted by Crippen LogP contribution is -2.55. The molecule has 1 aromatic heterocycles. The second-order valence-corrected chi connectivity index (χ2v) is 8.69. The van der Waals surface area contributed by atoms with E-state index >= 15 is 0 Å². The summed E-state index contributed by atoms with van der Waals surface area (Å²) in [6, 6.07) is 0.335. The SMILES string of the molecule is Cn1cnc(S(=O)(=O)NCC(=O)NC2C3CCCC2CC(N)C3)c1. The zero-order chi connectivity index (χ0) is 17.3. The first-order chi connectivity index (χ1) is 11.3. The van der Waals surface area contributed by atoms with Crippen LogP contribution in [-0.2, 0) is 21.9 Å². The number of aromatic nitrogens is 2. The molecule has 1 heterocycles. The Morgan fingerprint density at radius 1 is 1.38 bits per heavy atom. The Bertz CT molecular complexity index is 688. The van der Waals surface area contributed by atoms with Gasteiger partial charge in [-0.25, -0.2) is 18.1 Å². The average molecular weight is 355 g/mol. The number of carbonyl (C=O) groups excluding carboxylic acids is 1. The second-order valence-electron chi connectivity index (χ2n) is 6.98. The van der Waals surface area contributed by atoms with Crippen LogP contribution < -0.4 is 15.8 Å². The molecule has 8 nitrogen and oxygen atoms in total. The Morgan fingerprint density at radius 3 is 2.62 bits per heavy atom. The van der Waals surface area contributed by atoms with E-state index in [2.05, 4.69) is 15.0 Å². The molecule has 2 saturated carbocycles. The van der Waals surface area contributed by atoms with E-state index in [1.54, 1.807) is 11.6 Å². The summed E-state index contributed by atoms with van der Waals surface area (Å²) < 4.78 is 28.1. The second kappa shape index (κ2) is 6.81. The molecule has 2 aliphatic carbocycles. The van der Waals surface area contributed by atoms with E-state index in [1.807, 2.05) is 0 Å². The largest absolute Gasteiger partial charge is 0.352 e. The smallest absolute Gasteiger partial charge is 0.260 e. The monoisotopic (exact) mass is 355 g/mol. The summed E-state index contributed by atoms with van der Waals surface area (Å²) in [5, 5.41) is 2.94. The Morgan fingerprint density at radius 2 is 2.04 bits per heavy atom. The van der Waals surface area contributed by atoms with Gasteiger partial charge in [-0.3, -0.25) is 4.79 Å². The Kier molecular flexibility index (Phi) is 4.93.